The average Bonchev–Trinajstić information content (AvgIpc) is 3.27. The first-order chi connectivity index (χ1) is 14.0. The van der Waals surface area contributed by atoms with E-state index in [1.54, 1.807) is 42.5 Å². The number of benzene rings is 2. The molecule has 3 aromatic rings. The summed E-state index contributed by atoms with van der Waals surface area (Å²) in [5.41, 5.74) is 1.19. The minimum Gasteiger partial charge on any atom is -0.367 e. The lowest BCUT2D eigenvalue weighted by Gasteiger charge is -2.34. The number of nitrogens with zero attached hydrogens (tertiary/aromatic N) is 2. The maximum atomic E-state index is 14.3. The van der Waals surface area contributed by atoms with Crippen molar-refractivity contribution < 1.29 is 13.5 Å². The molecule has 1 aliphatic rings. The van der Waals surface area contributed by atoms with Crippen molar-refractivity contribution in [1.82, 2.24) is 9.55 Å². The molecule has 2 unspecified atom stereocenters. The van der Waals surface area contributed by atoms with Crippen LogP contribution in [0, 0.1) is 11.6 Å². The predicted molar refractivity (Wildman–Crippen MR) is 111 cm³/mol. The van der Waals surface area contributed by atoms with Crippen LogP contribution in [0.2, 0.25) is 5.02 Å². The van der Waals surface area contributed by atoms with E-state index >= 15 is 0 Å². The summed E-state index contributed by atoms with van der Waals surface area (Å²) >= 11 is 7.74. The quantitative estimate of drug-likeness (QED) is 0.416. The summed E-state index contributed by atoms with van der Waals surface area (Å²) in [5, 5.41) is 0.318. The monoisotopic (exact) mass is 432 g/mol. The van der Waals surface area contributed by atoms with Crippen LogP contribution in [-0.4, -0.2) is 14.3 Å². The van der Waals surface area contributed by atoms with E-state index in [1.807, 2.05) is 16.8 Å². The normalized spacial score (nSPS) is 20.6. The van der Waals surface area contributed by atoms with E-state index in [0.717, 1.165) is 10.5 Å². The maximum Gasteiger partial charge on any atom is 0.130 e. The van der Waals surface area contributed by atoms with Crippen LogP contribution < -0.4 is 0 Å². The van der Waals surface area contributed by atoms with Crippen molar-refractivity contribution in [2.75, 3.05) is 0 Å². The molecule has 4 rings (SSSR count). The van der Waals surface area contributed by atoms with Crippen LogP contribution >= 0.6 is 23.4 Å². The van der Waals surface area contributed by atoms with E-state index in [4.69, 9.17) is 16.3 Å². The Morgan fingerprint density at radius 1 is 1.31 bits per heavy atom. The van der Waals surface area contributed by atoms with Crippen molar-refractivity contribution >= 4 is 23.4 Å². The predicted octanol–water partition coefficient (Wildman–Crippen LogP) is 6.19. The Kier molecular flexibility index (Phi) is 5.76. The van der Waals surface area contributed by atoms with Crippen LogP contribution in [0.4, 0.5) is 8.78 Å². The highest BCUT2D eigenvalue weighted by Crippen LogP contribution is 2.57. The zero-order valence-electron chi connectivity index (χ0n) is 15.5. The van der Waals surface area contributed by atoms with Gasteiger partial charge in [-0.3, -0.25) is 0 Å². The molecule has 1 aromatic heterocycles. The van der Waals surface area contributed by atoms with Crippen LogP contribution in [0.25, 0.3) is 0 Å². The number of fused-ring (bicyclic) bond motifs is 1. The minimum absolute atomic E-state index is 0.0103. The van der Waals surface area contributed by atoms with Crippen molar-refractivity contribution in [1.29, 1.82) is 0 Å². The standard InChI is InChI=1S/C22H19ClF2N2OS/c1-2-8-22(13-27-10-9-26-14-27)21(16-7-6-15(24)11-20(16)29-22)28-12-17-18(23)4-3-5-19(17)25/h2-7,9-11,14,21H,1,8,12-13H2. The summed E-state index contributed by atoms with van der Waals surface area (Å²) in [5.74, 6) is -0.712. The Bertz CT molecular complexity index is 1010. The Balaban J connectivity index is 1.72. The summed E-state index contributed by atoms with van der Waals surface area (Å²) < 4.78 is 35.9. The molecular formula is C22H19ClF2N2OS. The lowest BCUT2D eigenvalue weighted by Crippen LogP contribution is -2.35. The van der Waals surface area contributed by atoms with Crippen molar-refractivity contribution in [2.24, 2.45) is 0 Å². The van der Waals surface area contributed by atoms with Gasteiger partial charge in [0.05, 0.1) is 17.7 Å². The molecule has 0 N–H and O–H groups in total. The highest BCUT2D eigenvalue weighted by molar-refractivity contribution is 8.01. The second-order valence-corrected chi connectivity index (χ2v) is 8.83. The summed E-state index contributed by atoms with van der Waals surface area (Å²) in [6.07, 6.45) is 7.36. The van der Waals surface area contributed by atoms with Crippen LogP contribution in [0.1, 0.15) is 23.7 Å². The van der Waals surface area contributed by atoms with Gasteiger partial charge in [-0.05, 0) is 36.2 Å². The van der Waals surface area contributed by atoms with E-state index in [9.17, 15) is 8.78 Å². The molecule has 0 saturated heterocycles. The average molecular weight is 433 g/mol. The third-order valence-corrected chi connectivity index (χ3v) is 6.85. The molecule has 1 aliphatic heterocycles. The third-order valence-electron chi connectivity index (χ3n) is 5.00. The largest absolute Gasteiger partial charge is 0.367 e. The van der Waals surface area contributed by atoms with Gasteiger partial charge >= 0.3 is 0 Å². The molecule has 29 heavy (non-hydrogen) atoms. The minimum atomic E-state index is -0.476. The summed E-state index contributed by atoms with van der Waals surface area (Å²) in [6.45, 7) is 4.50. The van der Waals surface area contributed by atoms with E-state index in [-0.39, 0.29) is 12.4 Å². The second kappa shape index (κ2) is 8.30. The number of thioether (sulfide) groups is 1. The fourth-order valence-electron chi connectivity index (χ4n) is 3.71. The molecule has 3 nitrogen and oxygen atoms in total. The van der Waals surface area contributed by atoms with Gasteiger partial charge in [-0.2, -0.15) is 0 Å². The fourth-order valence-corrected chi connectivity index (χ4v) is 5.55. The molecule has 7 heteroatoms. The lowest BCUT2D eigenvalue weighted by atomic mass is 9.91. The Morgan fingerprint density at radius 3 is 2.90 bits per heavy atom. The molecule has 0 amide bonds. The van der Waals surface area contributed by atoms with Crippen LogP contribution in [-0.2, 0) is 17.9 Å². The molecular weight excluding hydrogens is 414 g/mol. The van der Waals surface area contributed by atoms with Gasteiger partial charge in [0.15, 0.2) is 0 Å². The third kappa shape index (κ3) is 3.97. The highest BCUT2D eigenvalue weighted by atomic mass is 35.5. The molecule has 2 aromatic carbocycles. The van der Waals surface area contributed by atoms with Crippen LogP contribution in [0.5, 0.6) is 0 Å². The first kappa shape index (κ1) is 20.1. The molecule has 0 bridgehead atoms. The van der Waals surface area contributed by atoms with Crippen molar-refractivity contribution in [3.05, 3.63) is 95.6 Å². The number of allylic oxidation sites excluding steroid dienone is 1. The SMILES string of the molecule is C=CCC1(Cn2ccnc2)Sc2cc(F)ccc2C1OCc1c(F)cccc1Cl. The molecule has 0 saturated carbocycles. The number of hydrogen-bond acceptors (Lipinski definition) is 3. The lowest BCUT2D eigenvalue weighted by molar-refractivity contribution is 0.00863. The van der Waals surface area contributed by atoms with Gasteiger partial charge in [-0.25, -0.2) is 13.8 Å². The second-order valence-electron chi connectivity index (χ2n) is 6.97. The Morgan fingerprint density at radius 2 is 2.17 bits per heavy atom. The molecule has 0 aliphatic carbocycles. The number of halogens is 3. The summed E-state index contributed by atoms with van der Waals surface area (Å²) in [4.78, 5) is 4.94. The maximum absolute atomic E-state index is 14.3. The first-order valence-electron chi connectivity index (χ1n) is 9.12. The van der Waals surface area contributed by atoms with E-state index in [1.165, 1.54) is 18.2 Å². The van der Waals surface area contributed by atoms with Gasteiger partial charge in [0.2, 0.25) is 0 Å². The molecule has 2 atom stereocenters. The van der Waals surface area contributed by atoms with Crippen molar-refractivity contribution in [3.63, 3.8) is 0 Å². The number of ether oxygens (including phenoxy) is 1. The zero-order valence-corrected chi connectivity index (χ0v) is 17.1. The molecule has 150 valence electrons. The molecule has 2 heterocycles. The molecule has 0 fully saturated rings. The number of imidazole rings is 1. The van der Waals surface area contributed by atoms with Crippen LogP contribution in [0.15, 0.2) is 72.7 Å². The van der Waals surface area contributed by atoms with E-state index in [2.05, 4.69) is 11.6 Å². The van der Waals surface area contributed by atoms with Gasteiger partial charge in [-0.1, -0.05) is 29.8 Å². The zero-order chi connectivity index (χ0) is 20.4. The van der Waals surface area contributed by atoms with Crippen LogP contribution in [0.3, 0.4) is 0 Å². The Hall–Kier alpha value is -2.15. The van der Waals surface area contributed by atoms with E-state index in [0.29, 0.717) is 23.6 Å². The number of hydrogen-bond donors (Lipinski definition) is 0. The first-order valence-corrected chi connectivity index (χ1v) is 10.3. The topological polar surface area (TPSA) is 27.1 Å². The number of aromatic nitrogens is 2. The fraction of sp³-hybridized carbons (Fsp3) is 0.227. The Labute approximate surface area is 177 Å². The van der Waals surface area contributed by atoms with Gasteiger partial charge in [0.1, 0.15) is 17.7 Å². The number of rotatable bonds is 7. The van der Waals surface area contributed by atoms with Crippen molar-refractivity contribution in [2.45, 2.75) is 35.3 Å². The van der Waals surface area contributed by atoms with Gasteiger partial charge in [0, 0.05) is 34.4 Å². The smallest absolute Gasteiger partial charge is 0.130 e. The summed E-state index contributed by atoms with van der Waals surface area (Å²) in [6, 6.07) is 9.24. The van der Waals surface area contributed by atoms with Gasteiger partial charge in [0.25, 0.3) is 0 Å². The highest BCUT2D eigenvalue weighted by Gasteiger charge is 2.48. The van der Waals surface area contributed by atoms with E-state index < -0.39 is 16.7 Å². The van der Waals surface area contributed by atoms with Crippen molar-refractivity contribution in [3.8, 4) is 0 Å². The van der Waals surface area contributed by atoms with Gasteiger partial charge < -0.3 is 9.30 Å². The molecule has 0 spiro atoms. The summed E-state index contributed by atoms with van der Waals surface area (Å²) in [7, 11) is 0. The van der Waals surface area contributed by atoms with Gasteiger partial charge in [-0.15, -0.1) is 18.3 Å². The molecule has 0 radical (unpaired) electrons.